The molecule has 2 atom stereocenters. The van der Waals surface area contributed by atoms with Gasteiger partial charge < -0.3 is 26.4 Å². The van der Waals surface area contributed by atoms with E-state index in [4.69, 9.17) is 10.5 Å². The lowest BCUT2D eigenvalue weighted by molar-refractivity contribution is -0.170. The van der Waals surface area contributed by atoms with E-state index in [0.717, 1.165) is 5.56 Å². The van der Waals surface area contributed by atoms with Crippen LogP contribution in [0.2, 0.25) is 0 Å². The van der Waals surface area contributed by atoms with E-state index >= 15 is 0 Å². The molecule has 0 saturated heterocycles. The predicted molar refractivity (Wildman–Crippen MR) is 114 cm³/mol. The minimum Gasteiger partial charge on any atom is -0.378 e. The Bertz CT molecular complexity index is 679. The lowest BCUT2D eigenvalue weighted by atomic mass is 9.54. The zero-order chi connectivity index (χ0) is 20.2. The zero-order valence-corrected chi connectivity index (χ0v) is 18.1. The quantitative estimate of drug-likeness (QED) is 0.552. The van der Waals surface area contributed by atoms with Crippen molar-refractivity contribution >= 4 is 30.0 Å². The minimum atomic E-state index is -0.927. The van der Waals surface area contributed by atoms with Gasteiger partial charge in [-0.05, 0) is 38.5 Å². The van der Waals surface area contributed by atoms with E-state index in [1.54, 1.807) is 12.1 Å². The first-order valence-corrected chi connectivity index (χ1v) is 9.45. The van der Waals surface area contributed by atoms with E-state index in [-0.39, 0.29) is 36.5 Å². The van der Waals surface area contributed by atoms with E-state index in [9.17, 15) is 9.59 Å². The number of hydrogen-bond acceptors (Lipinski definition) is 4. The van der Waals surface area contributed by atoms with E-state index in [1.165, 1.54) is 0 Å². The lowest BCUT2D eigenvalue weighted by Crippen LogP contribution is -2.75. The van der Waals surface area contributed by atoms with Crippen LogP contribution in [0.3, 0.4) is 0 Å². The van der Waals surface area contributed by atoms with Gasteiger partial charge in [-0.15, -0.1) is 12.4 Å². The van der Waals surface area contributed by atoms with Gasteiger partial charge in [-0.2, -0.15) is 0 Å². The van der Waals surface area contributed by atoms with Gasteiger partial charge in [0.1, 0.15) is 5.54 Å². The van der Waals surface area contributed by atoms with Crippen molar-refractivity contribution in [3.05, 3.63) is 29.8 Å². The molecule has 2 rings (SSSR count). The Morgan fingerprint density at radius 1 is 1.25 bits per heavy atom. The van der Waals surface area contributed by atoms with Crippen LogP contribution in [0.15, 0.2) is 24.3 Å². The highest BCUT2D eigenvalue weighted by molar-refractivity contribution is 5.90. The highest BCUT2D eigenvalue weighted by Gasteiger charge is 2.62. The number of urea groups is 1. The summed E-state index contributed by atoms with van der Waals surface area (Å²) >= 11 is 0. The molecule has 1 saturated carbocycles. The number of amides is 3. The zero-order valence-electron chi connectivity index (χ0n) is 17.3. The molecule has 5 N–H and O–H groups in total. The third-order valence-electron chi connectivity index (χ3n) is 5.32. The number of hydrogen-bond donors (Lipinski definition) is 4. The van der Waals surface area contributed by atoms with E-state index in [0.29, 0.717) is 25.3 Å². The van der Waals surface area contributed by atoms with Gasteiger partial charge in [0, 0.05) is 36.7 Å². The molecule has 1 aromatic rings. The highest BCUT2D eigenvalue weighted by atomic mass is 35.5. The number of carbonyl (C=O) groups excluding carboxylic acids is 2. The first kappa shape index (κ1) is 24.2. The molecule has 0 aromatic heterocycles. The molecule has 158 valence electrons. The Morgan fingerprint density at radius 3 is 2.36 bits per heavy atom. The molecule has 0 aliphatic heterocycles. The molecule has 1 fully saturated rings. The summed E-state index contributed by atoms with van der Waals surface area (Å²) in [7, 11) is 0. The van der Waals surface area contributed by atoms with Crippen LogP contribution in [0, 0.1) is 5.41 Å². The topological polar surface area (TPSA) is 105 Å². The fraction of sp³-hybridized carbons (Fsp3) is 0.600. The molecule has 28 heavy (non-hydrogen) atoms. The Morgan fingerprint density at radius 2 is 1.86 bits per heavy atom. The molecule has 8 heteroatoms. The van der Waals surface area contributed by atoms with Crippen LogP contribution in [0.5, 0.6) is 0 Å². The van der Waals surface area contributed by atoms with Crippen molar-refractivity contribution in [2.75, 3.05) is 11.9 Å². The van der Waals surface area contributed by atoms with Gasteiger partial charge in [-0.1, -0.05) is 26.0 Å². The van der Waals surface area contributed by atoms with Crippen LogP contribution in [-0.2, 0) is 16.1 Å². The van der Waals surface area contributed by atoms with Crippen molar-refractivity contribution in [1.29, 1.82) is 0 Å². The second kappa shape index (κ2) is 9.58. The molecular weight excluding hydrogens is 380 g/mol. The van der Waals surface area contributed by atoms with Gasteiger partial charge in [0.25, 0.3) is 0 Å². The van der Waals surface area contributed by atoms with Crippen LogP contribution in [0.25, 0.3) is 0 Å². The summed E-state index contributed by atoms with van der Waals surface area (Å²) in [5.41, 5.74) is 6.67. The summed E-state index contributed by atoms with van der Waals surface area (Å²) in [6, 6.07) is 7.16. The van der Waals surface area contributed by atoms with Crippen LogP contribution >= 0.6 is 12.4 Å². The summed E-state index contributed by atoms with van der Waals surface area (Å²) in [4.78, 5) is 24.3. The normalized spacial score (nSPS) is 22.6. The summed E-state index contributed by atoms with van der Waals surface area (Å²) in [5, 5.41) is 8.46. The van der Waals surface area contributed by atoms with Crippen molar-refractivity contribution < 1.29 is 14.3 Å². The first-order valence-electron chi connectivity index (χ1n) is 9.45. The number of benzene rings is 1. The fourth-order valence-corrected chi connectivity index (χ4v) is 3.30. The number of rotatable bonds is 7. The Balaban J connectivity index is 0.00000392. The fourth-order valence-electron chi connectivity index (χ4n) is 3.30. The summed E-state index contributed by atoms with van der Waals surface area (Å²) < 4.78 is 5.67. The SMILES string of the molecule is CCOC1CC(N)(C(=O)NCc2ccc(NC(=O)NC(C)C)cc2)C1(C)C.Cl. The molecule has 2 unspecified atom stereocenters. The minimum absolute atomic E-state index is 0. The largest absolute Gasteiger partial charge is 0.378 e. The Labute approximate surface area is 173 Å². The van der Waals surface area contributed by atoms with Crippen LogP contribution in [0.4, 0.5) is 10.5 Å². The summed E-state index contributed by atoms with van der Waals surface area (Å²) in [6.45, 7) is 10.7. The average Bonchev–Trinajstić information content (AvgIpc) is 2.59. The maximum Gasteiger partial charge on any atom is 0.319 e. The maximum absolute atomic E-state index is 12.6. The molecule has 0 radical (unpaired) electrons. The molecular formula is C20H33ClN4O3. The van der Waals surface area contributed by atoms with Crippen molar-refractivity contribution in [2.24, 2.45) is 11.1 Å². The third kappa shape index (κ3) is 5.16. The average molecular weight is 413 g/mol. The van der Waals surface area contributed by atoms with Gasteiger partial charge >= 0.3 is 6.03 Å². The van der Waals surface area contributed by atoms with E-state index in [2.05, 4.69) is 16.0 Å². The number of carbonyl (C=O) groups is 2. The van der Waals surface area contributed by atoms with Crippen molar-refractivity contribution in [1.82, 2.24) is 10.6 Å². The molecule has 1 aliphatic rings. The van der Waals surface area contributed by atoms with Gasteiger partial charge in [-0.25, -0.2) is 4.79 Å². The van der Waals surface area contributed by atoms with Crippen LogP contribution in [0.1, 0.15) is 46.6 Å². The smallest absolute Gasteiger partial charge is 0.319 e. The van der Waals surface area contributed by atoms with Crippen LogP contribution < -0.4 is 21.7 Å². The lowest BCUT2D eigenvalue weighted by Gasteiger charge is -2.57. The standard InChI is InChI=1S/C20H32N4O3.ClH/c1-6-27-16-11-20(21,19(16,4)5)17(25)22-12-14-7-9-15(10-8-14)24-18(26)23-13(2)3;/h7-10,13,16H,6,11-12,21H2,1-5H3,(H,22,25)(H2,23,24,26);1H. The molecule has 3 amide bonds. The molecule has 7 nitrogen and oxygen atoms in total. The monoisotopic (exact) mass is 412 g/mol. The first-order chi connectivity index (χ1) is 12.6. The molecule has 1 aromatic carbocycles. The second-order valence-electron chi connectivity index (χ2n) is 7.97. The molecule has 0 spiro atoms. The van der Waals surface area contributed by atoms with Gasteiger partial charge in [0.2, 0.25) is 5.91 Å². The Kier molecular flexibility index (Phi) is 8.29. The predicted octanol–water partition coefficient (Wildman–Crippen LogP) is 2.79. The van der Waals surface area contributed by atoms with Gasteiger partial charge in [-0.3, -0.25) is 4.79 Å². The number of nitrogens with one attached hydrogen (secondary N) is 3. The van der Waals surface area contributed by atoms with Crippen LogP contribution in [-0.4, -0.2) is 36.2 Å². The van der Waals surface area contributed by atoms with Gasteiger partial charge in [0.15, 0.2) is 0 Å². The van der Waals surface area contributed by atoms with Crippen molar-refractivity contribution in [3.63, 3.8) is 0 Å². The van der Waals surface area contributed by atoms with Crippen molar-refractivity contribution in [2.45, 2.75) is 65.3 Å². The molecule has 0 bridgehead atoms. The van der Waals surface area contributed by atoms with Gasteiger partial charge in [0.05, 0.1) is 6.10 Å². The number of nitrogens with two attached hydrogens (primary N) is 1. The number of anilines is 1. The maximum atomic E-state index is 12.6. The van der Waals surface area contributed by atoms with E-state index in [1.807, 2.05) is 46.8 Å². The summed E-state index contributed by atoms with van der Waals surface area (Å²) in [6.07, 6.45) is 0.522. The Hall–Kier alpha value is -1.83. The highest BCUT2D eigenvalue weighted by Crippen LogP contribution is 2.49. The van der Waals surface area contributed by atoms with E-state index < -0.39 is 11.0 Å². The number of ether oxygens (including phenoxy) is 1. The van der Waals surface area contributed by atoms with Crippen molar-refractivity contribution in [3.8, 4) is 0 Å². The third-order valence-corrected chi connectivity index (χ3v) is 5.32. The second-order valence-corrected chi connectivity index (χ2v) is 7.97. The molecule has 1 aliphatic carbocycles. The summed E-state index contributed by atoms with van der Waals surface area (Å²) in [5.74, 6) is -0.165. The number of halogens is 1. The molecule has 0 heterocycles.